The summed E-state index contributed by atoms with van der Waals surface area (Å²) in [5.41, 5.74) is 0. The van der Waals surface area contributed by atoms with Crippen LogP contribution >= 0.6 is 0 Å². The standard InChI is InChI=1S/C16H26N2O3/c1-12-9-14(12)16(20)18(10-13-5-4-8-21-13)11-15(19)17-6-2-3-7-17/h12-14H,2-11H2,1H3/t12-,13-,14+/m1/s1. The molecule has 0 aromatic carbocycles. The maximum absolute atomic E-state index is 12.6. The Morgan fingerprint density at radius 3 is 2.52 bits per heavy atom. The summed E-state index contributed by atoms with van der Waals surface area (Å²) >= 11 is 0. The number of carbonyl (C=O) groups excluding carboxylic acids is 2. The van der Waals surface area contributed by atoms with Gasteiger partial charge in [0.2, 0.25) is 11.8 Å². The Kier molecular flexibility index (Phi) is 4.48. The van der Waals surface area contributed by atoms with Crippen LogP contribution in [0.25, 0.3) is 0 Å². The lowest BCUT2D eigenvalue weighted by Crippen LogP contribution is -2.45. The van der Waals surface area contributed by atoms with E-state index < -0.39 is 0 Å². The van der Waals surface area contributed by atoms with Gasteiger partial charge in [0.25, 0.3) is 0 Å². The van der Waals surface area contributed by atoms with E-state index in [1.165, 1.54) is 0 Å². The van der Waals surface area contributed by atoms with Gasteiger partial charge in [0, 0.05) is 32.2 Å². The Balaban J connectivity index is 1.59. The van der Waals surface area contributed by atoms with E-state index in [1.54, 1.807) is 4.90 Å². The van der Waals surface area contributed by atoms with E-state index in [0.29, 0.717) is 12.5 Å². The van der Waals surface area contributed by atoms with Crippen LogP contribution in [0.4, 0.5) is 0 Å². The van der Waals surface area contributed by atoms with Gasteiger partial charge in [0.05, 0.1) is 12.6 Å². The van der Waals surface area contributed by atoms with Crippen molar-refractivity contribution in [3.8, 4) is 0 Å². The summed E-state index contributed by atoms with van der Waals surface area (Å²) in [7, 11) is 0. The van der Waals surface area contributed by atoms with Crippen molar-refractivity contribution in [2.45, 2.75) is 45.1 Å². The highest BCUT2D eigenvalue weighted by atomic mass is 16.5. The minimum Gasteiger partial charge on any atom is -0.376 e. The smallest absolute Gasteiger partial charge is 0.242 e. The third kappa shape index (κ3) is 3.57. The molecule has 5 nitrogen and oxygen atoms in total. The second-order valence-corrected chi connectivity index (χ2v) is 6.76. The summed E-state index contributed by atoms with van der Waals surface area (Å²) in [5.74, 6) is 0.877. The molecule has 118 valence electrons. The second kappa shape index (κ2) is 6.34. The van der Waals surface area contributed by atoms with Gasteiger partial charge in [0.15, 0.2) is 0 Å². The number of ether oxygens (including phenoxy) is 1. The van der Waals surface area contributed by atoms with E-state index in [-0.39, 0.29) is 30.4 Å². The fourth-order valence-corrected chi connectivity index (χ4v) is 3.40. The predicted molar refractivity (Wildman–Crippen MR) is 78.6 cm³/mol. The molecule has 21 heavy (non-hydrogen) atoms. The quantitative estimate of drug-likeness (QED) is 0.767. The van der Waals surface area contributed by atoms with Crippen LogP contribution in [0, 0.1) is 11.8 Å². The van der Waals surface area contributed by atoms with Gasteiger partial charge < -0.3 is 14.5 Å². The third-order valence-corrected chi connectivity index (χ3v) is 4.97. The molecule has 0 radical (unpaired) electrons. The van der Waals surface area contributed by atoms with E-state index in [4.69, 9.17) is 4.74 Å². The molecule has 2 heterocycles. The first-order valence-electron chi connectivity index (χ1n) is 8.33. The van der Waals surface area contributed by atoms with Gasteiger partial charge in [-0.25, -0.2) is 0 Å². The van der Waals surface area contributed by atoms with E-state index in [2.05, 4.69) is 6.92 Å². The van der Waals surface area contributed by atoms with Crippen molar-refractivity contribution < 1.29 is 14.3 Å². The summed E-state index contributed by atoms with van der Waals surface area (Å²) in [6, 6.07) is 0. The normalized spacial score (nSPS) is 31.5. The Bertz CT molecular complexity index is 400. The fraction of sp³-hybridized carbons (Fsp3) is 0.875. The topological polar surface area (TPSA) is 49.9 Å². The number of rotatable bonds is 5. The van der Waals surface area contributed by atoms with E-state index in [0.717, 1.165) is 51.8 Å². The summed E-state index contributed by atoms with van der Waals surface area (Å²) in [5, 5.41) is 0. The lowest BCUT2D eigenvalue weighted by molar-refractivity contribution is -0.142. The molecule has 3 rings (SSSR count). The molecule has 1 saturated carbocycles. The van der Waals surface area contributed by atoms with E-state index in [9.17, 15) is 9.59 Å². The Hall–Kier alpha value is -1.10. The number of likely N-dealkylation sites (tertiary alicyclic amines) is 1. The maximum atomic E-state index is 12.6. The van der Waals surface area contributed by atoms with Crippen molar-refractivity contribution in [2.24, 2.45) is 11.8 Å². The van der Waals surface area contributed by atoms with Crippen molar-refractivity contribution in [2.75, 3.05) is 32.8 Å². The zero-order valence-corrected chi connectivity index (χ0v) is 12.9. The van der Waals surface area contributed by atoms with Gasteiger partial charge >= 0.3 is 0 Å². The first kappa shape index (κ1) is 14.8. The molecule has 0 spiro atoms. The maximum Gasteiger partial charge on any atom is 0.242 e. The van der Waals surface area contributed by atoms with Gasteiger partial charge in [-0.3, -0.25) is 9.59 Å². The largest absolute Gasteiger partial charge is 0.376 e. The second-order valence-electron chi connectivity index (χ2n) is 6.76. The van der Waals surface area contributed by atoms with Crippen LogP contribution in [0.5, 0.6) is 0 Å². The Morgan fingerprint density at radius 2 is 1.95 bits per heavy atom. The Morgan fingerprint density at radius 1 is 1.24 bits per heavy atom. The molecular formula is C16H26N2O3. The molecule has 0 aromatic rings. The highest BCUT2D eigenvalue weighted by Gasteiger charge is 2.42. The van der Waals surface area contributed by atoms with Crippen LogP contribution in [0.1, 0.15) is 39.0 Å². The number of hydrogen-bond donors (Lipinski definition) is 0. The van der Waals surface area contributed by atoms with Crippen LogP contribution in [0.15, 0.2) is 0 Å². The van der Waals surface area contributed by atoms with Crippen molar-refractivity contribution in [1.29, 1.82) is 0 Å². The molecule has 0 bridgehead atoms. The number of amides is 2. The lowest BCUT2D eigenvalue weighted by atomic mass is 10.2. The number of carbonyl (C=O) groups is 2. The summed E-state index contributed by atoms with van der Waals surface area (Å²) in [4.78, 5) is 28.6. The molecule has 0 N–H and O–H groups in total. The zero-order valence-electron chi connectivity index (χ0n) is 12.9. The van der Waals surface area contributed by atoms with Gasteiger partial charge in [-0.1, -0.05) is 6.92 Å². The van der Waals surface area contributed by atoms with Crippen molar-refractivity contribution in [1.82, 2.24) is 9.80 Å². The lowest BCUT2D eigenvalue weighted by Gasteiger charge is -2.27. The predicted octanol–water partition coefficient (Wildman–Crippen LogP) is 1.27. The fourth-order valence-electron chi connectivity index (χ4n) is 3.40. The van der Waals surface area contributed by atoms with Gasteiger partial charge in [-0.15, -0.1) is 0 Å². The Labute approximate surface area is 126 Å². The van der Waals surface area contributed by atoms with Crippen LogP contribution in [-0.4, -0.2) is 60.5 Å². The molecule has 3 atom stereocenters. The van der Waals surface area contributed by atoms with Crippen LogP contribution in [0.2, 0.25) is 0 Å². The van der Waals surface area contributed by atoms with Crippen LogP contribution < -0.4 is 0 Å². The highest BCUT2D eigenvalue weighted by Crippen LogP contribution is 2.39. The molecule has 0 unspecified atom stereocenters. The van der Waals surface area contributed by atoms with Gasteiger partial charge in [-0.05, 0) is 38.0 Å². The molecule has 1 aliphatic carbocycles. The summed E-state index contributed by atoms with van der Waals surface area (Å²) in [6.45, 7) is 5.41. The minimum absolute atomic E-state index is 0.104. The minimum atomic E-state index is 0.104. The third-order valence-electron chi connectivity index (χ3n) is 4.97. The zero-order chi connectivity index (χ0) is 14.8. The van der Waals surface area contributed by atoms with Gasteiger partial charge in [0.1, 0.15) is 0 Å². The van der Waals surface area contributed by atoms with Crippen LogP contribution in [-0.2, 0) is 14.3 Å². The van der Waals surface area contributed by atoms with Crippen molar-refractivity contribution >= 4 is 11.8 Å². The highest BCUT2D eigenvalue weighted by molar-refractivity contribution is 5.87. The molecule has 5 heteroatoms. The first-order valence-corrected chi connectivity index (χ1v) is 8.33. The number of nitrogens with zero attached hydrogens (tertiary/aromatic N) is 2. The van der Waals surface area contributed by atoms with E-state index >= 15 is 0 Å². The molecule has 2 saturated heterocycles. The number of hydrogen-bond acceptors (Lipinski definition) is 3. The SMILES string of the molecule is C[C@@H]1C[C@@H]1C(=O)N(CC(=O)N1CCCC1)C[C@H]1CCCO1. The monoisotopic (exact) mass is 294 g/mol. The molecule has 2 amide bonds. The molecule has 3 fully saturated rings. The molecule has 2 aliphatic heterocycles. The average molecular weight is 294 g/mol. The van der Waals surface area contributed by atoms with Gasteiger partial charge in [-0.2, -0.15) is 0 Å². The first-order chi connectivity index (χ1) is 10.1. The van der Waals surface area contributed by atoms with Crippen LogP contribution in [0.3, 0.4) is 0 Å². The molecule has 0 aromatic heterocycles. The average Bonchev–Trinajstić information content (AvgIpc) is 2.95. The van der Waals surface area contributed by atoms with E-state index in [1.807, 2.05) is 4.90 Å². The molecule has 3 aliphatic rings. The van der Waals surface area contributed by atoms with Crippen molar-refractivity contribution in [3.63, 3.8) is 0 Å². The van der Waals surface area contributed by atoms with Crippen molar-refractivity contribution in [3.05, 3.63) is 0 Å². The molecular weight excluding hydrogens is 268 g/mol. The summed E-state index contributed by atoms with van der Waals surface area (Å²) < 4.78 is 5.65. The summed E-state index contributed by atoms with van der Waals surface area (Å²) in [6.07, 6.45) is 5.33.